The zero-order valence-corrected chi connectivity index (χ0v) is 12.5. The summed E-state index contributed by atoms with van der Waals surface area (Å²) in [6.45, 7) is 12.7. The number of rotatable bonds is 5. The highest BCUT2D eigenvalue weighted by Gasteiger charge is 2.20. The smallest absolute Gasteiger partial charge is 0.337 e. The molecule has 1 rings (SSSR count). The molecule has 0 amide bonds. The number of carbonyl (C=O) groups is 1. The number of nitrogens with zero attached hydrogens (tertiary/aromatic N) is 2. The number of hydrogen-bond acceptors (Lipinski definition) is 3. The van der Waals surface area contributed by atoms with Crippen molar-refractivity contribution in [2.45, 2.75) is 46.6 Å². The van der Waals surface area contributed by atoms with Crippen molar-refractivity contribution in [3.63, 3.8) is 0 Å². The maximum atomic E-state index is 11.3. The Morgan fingerprint density at radius 2 is 1.84 bits per heavy atom. The number of carboxylic acids is 1. The third-order valence-corrected chi connectivity index (χ3v) is 3.24. The average Bonchev–Trinajstić information content (AvgIpc) is 2.34. The van der Waals surface area contributed by atoms with Gasteiger partial charge in [-0.3, -0.25) is 9.88 Å². The standard InChI is InChI=1S/C15H24N2O2/c1-6-17(7-2)10-12-11(14(18)19)8-9-13(16-12)15(3,4)5/h8-9H,6-7,10H2,1-5H3,(H,18,19). The number of carboxylic acid groups (broad SMARTS) is 1. The van der Waals surface area contributed by atoms with Gasteiger partial charge in [0.05, 0.1) is 11.3 Å². The summed E-state index contributed by atoms with van der Waals surface area (Å²) < 4.78 is 0. The van der Waals surface area contributed by atoms with Gasteiger partial charge in [0.2, 0.25) is 0 Å². The second-order valence-electron chi connectivity index (χ2n) is 5.71. The highest BCUT2D eigenvalue weighted by Crippen LogP contribution is 2.22. The summed E-state index contributed by atoms with van der Waals surface area (Å²) in [4.78, 5) is 18.0. The fourth-order valence-electron chi connectivity index (χ4n) is 1.89. The van der Waals surface area contributed by atoms with Crippen LogP contribution in [0.4, 0.5) is 0 Å². The van der Waals surface area contributed by atoms with Gasteiger partial charge in [-0.1, -0.05) is 34.6 Å². The van der Waals surface area contributed by atoms with E-state index in [0.29, 0.717) is 17.8 Å². The molecule has 0 fully saturated rings. The van der Waals surface area contributed by atoms with Crippen LogP contribution in [0.3, 0.4) is 0 Å². The van der Waals surface area contributed by atoms with Crippen LogP contribution >= 0.6 is 0 Å². The summed E-state index contributed by atoms with van der Waals surface area (Å²) in [5.41, 5.74) is 1.82. The SMILES string of the molecule is CCN(CC)Cc1nc(C(C)(C)C)ccc1C(=O)O. The van der Waals surface area contributed by atoms with E-state index in [0.717, 1.165) is 18.8 Å². The Kier molecular flexibility index (Phi) is 5.06. The fourth-order valence-corrected chi connectivity index (χ4v) is 1.89. The number of aromatic carboxylic acids is 1. The molecule has 1 aromatic rings. The van der Waals surface area contributed by atoms with Crippen LogP contribution < -0.4 is 0 Å². The number of hydrogen-bond donors (Lipinski definition) is 1. The molecule has 0 aliphatic rings. The summed E-state index contributed by atoms with van der Waals surface area (Å²) in [5.74, 6) is -0.907. The van der Waals surface area contributed by atoms with Crippen LogP contribution in [-0.2, 0) is 12.0 Å². The van der Waals surface area contributed by atoms with E-state index in [1.165, 1.54) is 0 Å². The van der Waals surface area contributed by atoms with Gasteiger partial charge in [0.1, 0.15) is 0 Å². The zero-order chi connectivity index (χ0) is 14.6. The van der Waals surface area contributed by atoms with Crippen LogP contribution in [0.15, 0.2) is 12.1 Å². The maximum Gasteiger partial charge on any atom is 0.337 e. The predicted molar refractivity (Wildman–Crippen MR) is 76.5 cm³/mol. The van der Waals surface area contributed by atoms with Gasteiger partial charge in [-0.05, 0) is 25.2 Å². The molecule has 0 aliphatic heterocycles. The van der Waals surface area contributed by atoms with Crippen molar-refractivity contribution in [3.8, 4) is 0 Å². The highest BCUT2D eigenvalue weighted by atomic mass is 16.4. The minimum absolute atomic E-state index is 0.0744. The minimum Gasteiger partial charge on any atom is -0.478 e. The molecule has 4 heteroatoms. The third kappa shape index (κ3) is 4.03. The molecule has 0 spiro atoms. The lowest BCUT2D eigenvalue weighted by molar-refractivity contribution is 0.0693. The molecule has 1 aromatic heterocycles. The van der Waals surface area contributed by atoms with Gasteiger partial charge in [-0.2, -0.15) is 0 Å². The fraction of sp³-hybridized carbons (Fsp3) is 0.600. The van der Waals surface area contributed by atoms with Gasteiger partial charge in [0, 0.05) is 17.7 Å². The molecule has 106 valence electrons. The molecule has 0 saturated heterocycles. The van der Waals surface area contributed by atoms with Gasteiger partial charge in [0.15, 0.2) is 0 Å². The average molecular weight is 264 g/mol. The normalized spacial score (nSPS) is 11.9. The molecule has 0 radical (unpaired) electrons. The zero-order valence-electron chi connectivity index (χ0n) is 12.5. The first-order valence-electron chi connectivity index (χ1n) is 6.75. The Morgan fingerprint density at radius 3 is 2.26 bits per heavy atom. The van der Waals surface area contributed by atoms with E-state index < -0.39 is 5.97 Å². The molecule has 1 N–H and O–H groups in total. The molecular weight excluding hydrogens is 240 g/mol. The van der Waals surface area contributed by atoms with Crippen molar-refractivity contribution in [1.29, 1.82) is 0 Å². The topological polar surface area (TPSA) is 53.4 Å². The van der Waals surface area contributed by atoms with Gasteiger partial charge in [0.25, 0.3) is 0 Å². The monoisotopic (exact) mass is 264 g/mol. The minimum atomic E-state index is -0.907. The third-order valence-electron chi connectivity index (χ3n) is 3.24. The van der Waals surface area contributed by atoms with Crippen molar-refractivity contribution in [1.82, 2.24) is 9.88 Å². The molecule has 0 saturated carbocycles. The van der Waals surface area contributed by atoms with Gasteiger partial charge >= 0.3 is 5.97 Å². The lowest BCUT2D eigenvalue weighted by Crippen LogP contribution is -2.25. The van der Waals surface area contributed by atoms with Crippen molar-refractivity contribution >= 4 is 5.97 Å². The van der Waals surface area contributed by atoms with E-state index in [1.807, 2.05) is 6.07 Å². The Labute approximate surface area is 115 Å². The Bertz CT molecular complexity index is 446. The molecular formula is C15H24N2O2. The lowest BCUT2D eigenvalue weighted by atomic mass is 9.91. The summed E-state index contributed by atoms with van der Waals surface area (Å²) in [6.07, 6.45) is 0. The van der Waals surface area contributed by atoms with Crippen LogP contribution in [0.2, 0.25) is 0 Å². The van der Waals surface area contributed by atoms with Crippen LogP contribution in [0.25, 0.3) is 0 Å². The molecule has 4 nitrogen and oxygen atoms in total. The van der Waals surface area contributed by atoms with Gasteiger partial charge in [-0.25, -0.2) is 4.79 Å². The van der Waals surface area contributed by atoms with Crippen molar-refractivity contribution in [2.24, 2.45) is 0 Å². The van der Waals surface area contributed by atoms with E-state index >= 15 is 0 Å². The molecule has 0 aliphatic carbocycles. The van der Waals surface area contributed by atoms with Gasteiger partial charge < -0.3 is 5.11 Å². The Morgan fingerprint density at radius 1 is 1.26 bits per heavy atom. The van der Waals surface area contributed by atoms with E-state index in [1.54, 1.807) is 6.07 Å². The summed E-state index contributed by atoms with van der Waals surface area (Å²) in [7, 11) is 0. The van der Waals surface area contributed by atoms with Crippen molar-refractivity contribution in [2.75, 3.05) is 13.1 Å². The van der Waals surface area contributed by atoms with Gasteiger partial charge in [-0.15, -0.1) is 0 Å². The largest absolute Gasteiger partial charge is 0.478 e. The van der Waals surface area contributed by atoms with E-state index in [-0.39, 0.29) is 5.41 Å². The number of pyridine rings is 1. The van der Waals surface area contributed by atoms with Crippen LogP contribution in [0.1, 0.15) is 56.4 Å². The molecule has 0 bridgehead atoms. The summed E-state index contributed by atoms with van der Waals surface area (Å²) >= 11 is 0. The van der Waals surface area contributed by atoms with Crippen LogP contribution in [-0.4, -0.2) is 34.0 Å². The van der Waals surface area contributed by atoms with Crippen LogP contribution in [0.5, 0.6) is 0 Å². The lowest BCUT2D eigenvalue weighted by Gasteiger charge is -2.22. The van der Waals surface area contributed by atoms with Crippen LogP contribution in [0, 0.1) is 0 Å². The van der Waals surface area contributed by atoms with E-state index in [4.69, 9.17) is 0 Å². The summed E-state index contributed by atoms with van der Waals surface area (Å²) in [6, 6.07) is 3.49. The Balaban J connectivity index is 3.19. The second-order valence-corrected chi connectivity index (χ2v) is 5.71. The van der Waals surface area contributed by atoms with Crippen molar-refractivity contribution < 1.29 is 9.90 Å². The molecule has 0 aromatic carbocycles. The second kappa shape index (κ2) is 6.15. The molecule has 0 unspecified atom stereocenters. The maximum absolute atomic E-state index is 11.3. The summed E-state index contributed by atoms with van der Waals surface area (Å²) in [5, 5.41) is 9.26. The first-order chi connectivity index (χ1) is 8.79. The molecule has 1 heterocycles. The van der Waals surface area contributed by atoms with Crippen molar-refractivity contribution in [3.05, 3.63) is 29.1 Å². The first kappa shape index (κ1) is 15.6. The number of aromatic nitrogens is 1. The van der Waals surface area contributed by atoms with E-state index in [9.17, 15) is 9.90 Å². The Hall–Kier alpha value is -1.42. The first-order valence-corrected chi connectivity index (χ1v) is 6.75. The molecule has 19 heavy (non-hydrogen) atoms. The van der Waals surface area contributed by atoms with E-state index in [2.05, 4.69) is 44.5 Å². The predicted octanol–water partition coefficient (Wildman–Crippen LogP) is 2.92. The highest BCUT2D eigenvalue weighted by molar-refractivity contribution is 5.88. The molecule has 0 atom stereocenters. The quantitative estimate of drug-likeness (QED) is 0.888.